The predicted molar refractivity (Wildman–Crippen MR) is 82.3 cm³/mol. The van der Waals surface area contributed by atoms with E-state index in [4.69, 9.17) is 16.0 Å². The van der Waals surface area contributed by atoms with Crippen LogP contribution in [0.15, 0.2) is 40.8 Å². The Balaban J connectivity index is 1.88. The van der Waals surface area contributed by atoms with Crippen molar-refractivity contribution in [3.8, 4) is 0 Å². The van der Waals surface area contributed by atoms with E-state index in [1.54, 1.807) is 6.07 Å². The fourth-order valence-electron chi connectivity index (χ4n) is 2.34. The SMILES string of the molecule is Cc1nc(Cl)ccc1NCc1c(C)oc2ccccc12. The number of rotatable bonds is 3. The number of nitrogens with zero attached hydrogens (tertiary/aromatic N) is 1. The first-order valence-corrected chi connectivity index (χ1v) is 6.87. The van der Waals surface area contributed by atoms with Gasteiger partial charge in [0.05, 0.1) is 11.4 Å². The van der Waals surface area contributed by atoms with E-state index in [9.17, 15) is 0 Å². The molecule has 20 heavy (non-hydrogen) atoms. The van der Waals surface area contributed by atoms with Crippen molar-refractivity contribution in [1.82, 2.24) is 4.98 Å². The van der Waals surface area contributed by atoms with Gasteiger partial charge in [0.2, 0.25) is 0 Å². The third kappa shape index (κ3) is 2.37. The number of fused-ring (bicyclic) bond motifs is 1. The molecule has 2 heterocycles. The predicted octanol–water partition coefficient (Wildman–Crippen LogP) is 4.71. The van der Waals surface area contributed by atoms with Crippen molar-refractivity contribution < 1.29 is 4.42 Å². The average molecular weight is 287 g/mol. The fraction of sp³-hybridized carbons (Fsp3) is 0.188. The van der Waals surface area contributed by atoms with Crippen molar-refractivity contribution in [2.45, 2.75) is 20.4 Å². The zero-order valence-corrected chi connectivity index (χ0v) is 12.2. The Bertz CT molecular complexity index is 764. The van der Waals surface area contributed by atoms with Crippen LogP contribution in [0.2, 0.25) is 5.15 Å². The summed E-state index contributed by atoms with van der Waals surface area (Å²) in [7, 11) is 0. The summed E-state index contributed by atoms with van der Waals surface area (Å²) < 4.78 is 5.76. The molecule has 1 N–H and O–H groups in total. The molecule has 0 aliphatic heterocycles. The maximum atomic E-state index is 5.87. The molecule has 0 aliphatic carbocycles. The van der Waals surface area contributed by atoms with E-state index in [2.05, 4.69) is 16.4 Å². The second kappa shape index (κ2) is 5.17. The molecule has 0 unspecified atom stereocenters. The molecule has 0 atom stereocenters. The highest BCUT2D eigenvalue weighted by atomic mass is 35.5. The first kappa shape index (κ1) is 13.0. The van der Waals surface area contributed by atoms with Crippen LogP contribution in [0.25, 0.3) is 11.0 Å². The number of pyridine rings is 1. The molecule has 4 heteroatoms. The molecule has 0 amide bonds. The lowest BCUT2D eigenvalue weighted by Crippen LogP contribution is -2.02. The summed E-state index contributed by atoms with van der Waals surface area (Å²) in [5, 5.41) is 5.06. The molecule has 102 valence electrons. The topological polar surface area (TPSA) is 38.1 Å². The highest BCUT2D eigenvalue weighted by Gasteiger charge is 2.10. The Kier molecular flexibility index (Phi) is 3.36. The zero-order valence-electron chi connectivity index (χ0n) is 11.4. The third-order valence-electron chi connectivity index (χ3n) is 3.41. The van der Waals surface area contributed by atoms with Crippen molar-refractivity contribution in [2.75, 3.05) is 5.32 Å². The largest absolute Gasteiger partial charge is 0.461 e. The van der Waals surface area contributed by atoms with Crippen molar-refractivity contribution in [3.05, 3.63) is 58.6 Å². The number of para-hydroxylation sites is 1. The second-order valence-corrected chi connectivity index (χ2v) is 5.14. The molecule has 1 aromatic carbocycles. The van der Waals surface area contributed by atoms with Gasteiger partial charge in [-0.2, -0.15) is 0 Å². The van der Waals surface area contributed by atoms with Crippen LogP contribution < -0.4 is 5.32 Å². The lowest BCUT2D eigenvalue weighted by atomic mass is 10.1. The van der Waals surface area contributed by atoms with Gasteiger partial charge in [-0.25, -0.2) is 4.98 Å². The number of halogens is 1. The molecule has 0 saturated carbocycles. The Labute approximate surface area is 122 Å². The van der Waals surface area contributed by atoms with Gasteiger partial charge in [0.15, 0.2) is 0 Å². The van der Waals surface area contributed by atoms with Crippen LogP contribution in [-0.4, -0.2) is 4.98 Å². The van der Waals surface area contributed by atoms with Gasteiger partial charge in [0.25, 0.3) is 0 Å². The summed E-state index contributed by atoms with van der Waals surface area (Å²) in [6.07, 6.45) is 0. The minimum atomic E-state index is 0.512. The quantitative estimate of drug-likeness (QED) is 0.709. The smallest absolute Gasteiger partial charge is 0.134 e. The van der Waals surface area contributed by atoms with E-state index in [-0.39, 0.29) is 0 Å². The van der Waals surface area contributed by atoms with Gasteiger partial charge in [-0.05, 0) is 32.0 Å². The van der Waals surface area contributed by atoms with Gasteiger partial charge in [-0.3, -0.25) is 0 Å². The van der Waals surface area contributed by atoms with Crippen molar-refractivity contribution in [3.63, 3.8) is 0 Å². The molecule has 2 aromatic heterocycles. The summed E-state index contributed by atoms with van der Waals surface area (Å²) in [5.74, 6) is 0.943. The first-order chi connectivity index (χ1) is 9.65. The summed E-state index contributed by atoms with van der Waals surface area (Å²) >= 11 is 5.87. The lowest BCUT2D eigenvalue weighted by molar-refractivity contribution is 0.573. The minimum Gasteiger partial charge on any atom is -0.461 e. The van der Waals surface area contributed by atoms with E-state index < -0.39 is 0 Å². The van der Waals surface area contributed by atoms with Gasteiger partial charge < -0.3 is 9.73 Å². The van der Waals surface area contributed by atoms with Crippen LogP contribution >= 0.6 is 11.6 Å². The van der Waals surface area contributed by atoms with E-state index in [1.807, 2.05) is 38.1 Å². The molecular formula is C16H15ClN2O. The number of hydrogen-bond acceptors (Lipinski definition) is 3. The number of benzene rings is 1. The van der Waals surface area contributed by atoms with Gasteiger partial charge in [-0.1, -0.05) is 29.8 Å². The van der Waals surface area contributed by atoms with Crippen LogP contribution in [0.1, 0.15) is 17.0 Å². The van der Waals surface area contributed by atoms with E-state index in [1.165, 1.54) is 5.56 Å². The van der Waals surface area contributed by atoms with E-state index >= 15 is 0 Å². The number of anilines is 1. The summed E-state index contributed by atoms with van der Waals surface area (Å²) in [4.78, 5) is 4.24. The number of hydrogen-bond donors (Lipinski definition) is 1. The monoisotopic (exact) mass is 286 g/mol. The molecule has 0 radical (unpaired) electrons. The van der Waals surface area contributed by atoms with Crippen molar-refractivity contribution in [2.24, 2.45) is 0 Å². The maximum Gasteiger partial charge on any atom is 0.134 e. The standard InChI is InChI=1S/C16H15ClN2O/c1-10-14(7-8-16(17)19-10)18-9-13-11(2)20-15-6-4-3-5-12(13)15/h3-8,18H,9H2,1-2H3. The van der Waals surface area contributed by atoms with Crippen molar-refractivity contribution in [1.29, 1.82) is 0 Å². The Hall–Kier alpha value is -2.00. The number of furan rings is 1. The van der Waals surface area contributed by atoms with Gasteiger partial charge in [0, 0.05) is 17.5 Å². The average Bonchev–Trinajstić information content (AvgIpc) is 2.74. The molecule has 3 nitrogen and oxygen atoms in total. The normalized spacial score (nSPS) is 10.9. The fourth-order valence-corrected chi connectivity index (χ4v) is 2.53. The van der Waals surface area contributed by atoms with Crippen LogP contribution in [-0.2, 0) is 6.54 Å². The van der Waals surface area contributed by atoms with Crippen LogP contribution in [0.5, 0.6) is 0 Å². The third-order valence-corrected chi connectivity index (χ3v) is 3.62. The summed E-state index contributed by atoms with van der Waals surface area (Å²) in [6.45, 7) is 4.63. The number of nitrogens with one attached hydrogen (secondary N) is 1. The summed E-state index contributed by atoms with van der Waals surface area (Å²) in [6, 6.07) is 11.8. The van der Waals surface area contributed by atoms with E-state index in [0.29, 0.717) is 11.7 Å². The molecule has 0 spiro atoms. The van der Waals surface area contributed by atoms with Crippen LogP contribution in [0.4, 0.5) is 5.69 Å². The highest BCUT2D eigenvalue weighted by Crippen LogP contribution is 2.26. The number of aryl methyl sites for hydroxylation is 2. The van der Waals surface area contributed by atoms with Gasteiger partial charge in [0.1, 0.15) is 16.5 Å². The first-order valence-electron chi connectivity index (χ1n) is 6.49. The molecule has 0 fully saturated rings. The Morgan fingerprint density at radius 3 is 2.75 bits per heavy atom. The minimum absolute atomic E-state index is 0.512. The molecule has 3 aromatic rings. The van der Waals surface area contributed by atoms with Crippen molar-refractivity contribution >= 4 is 28.3 Å². The summed E-state index contributed by atoms with van der Waals surface area (Å²) in [5.41, 5.74) is 3.98. The number of aromatic nitrogens is 1. The molecule has 0 bridgehead atoms. The van der Waals surface area contributed by atoms with Crippen LogP contribution in [0.3, 0.4) is 0 Å². The molecule has 3 rings (SSSR count). The second-order valence-electron chi connectivity index (χ2n) is 4.75. The molecular weight excluding hydrogens is 272 g/mol. The lowest BCUT2D eigenvalue weighted by Gasteiger charge is -2.08. The molecule has 0 saturated heterocycles. The van der Waals surface area contributed by atoms with Gasteiger partial charge >= 0.3 is 0 Å². The van der Waals surface area contributed by atoms with E-state index in [0.717, 1.165) is 28.1 Å². The Morgan fingerprint density at radius 2 is 1.95 bits per heavy atom. The van der Waals surface area contributed by atoms with Gasteiger partial charge in [-0.15, -0.1) is 0 Å². The Morgan fingerprint density at radius 1 is 1.15 bits per heavy atom. The highest BCUT2D eigenvalue weighted by molar-refractivity contribution is 6.29. The maximum absolute atomic E-state index is 5.87. The van der Waals surface area contributed by atoms with Crippen LogP contribution in [0, 0.1) is 13.8 Å². The zero-order chi connectivity index (χ0) is 14.1. The molecule has 0 aliphatic rings.